The first-order valence-electron chi connectivity index (χ1n) is 8.37. The molecule has 0 bridgehead atoms. The van der Waals surface area contributed by atoms with E-state index in [0.29, 0.717) is 28.3 Å². The van der Waals surface area contributed by atoms with Crippen LogP contribution >= 0.6 is 0 Å². The van der Waals surface area contributed by atoms with Crippen molar-refractivity contribution >= 4 is 34.5 Å². The molecular weight excluding hydrogens is 361 g/mol. The van der Waals surface area contributed by atoms with Crippen molar-refractivity contribution < 1.29 is 13.6 Å². The fraction of sp³-hybridized carbons (Fsp3) is 0.0500. The van der Waals surface area contributed by atoms with E-state index in [4.69, 9.17) is 15.0 Å². The number of furan rings is 1. The van der Waals surface area contributed by atoms with Crippen LogP contribution in [0.5, 0.6) is 0 Å². The standard InChI is InChI=1S/C20H16FN5O2/c1-27-25-10-16-19(22)23-11-24-20(16)26-15-5-6-17-13(8-15)9-18(28-17)12-3-2-4-14(21)7-12/h2-11H,1H3,(H3,22,23,24,26)/b25-10+. The number of nitrogen functional groups attached to an aromatic ring is 1. The van der Waals surface area contributed by atoms with Crippen LogP contribution in [0.1, 0.15) is 5.56 Å². The number of aromatic nitrogens is 2. The Bertz CT molecular complexity index is 1170. The van der Waals surface area contributed by atoms with Crippen molar-refractivity contribution in [2.75, 3.05) is 18.2 Å². The predicted octanol–water partition coefficient (Wildman–Crippen LogP) is 4.34. The van der Waals surface area contributed by atoms with E-state index in [9.17, 15) is 4.39 Å². The van der Waals surface area contributed by atoms with Gasteiger partial charge >= 0.3 is 0 Å². The van der Waals surface area contributed by atoms with Crippen LogP contribution in [-0.2, 0) is 4.84 Å². The third kappa shape index (κ3) is 3.48. The summed E-state index contributed by atoms with van der Waals surface area (Å²) >= 11 is 0. The van der Waals surface area contributed by atoms with Crippen molar-refractivity contribution in [3.8, 4) is 11.3 Å². The lowest BCUT2D eigenvalue weighted by atomic mass is 10.1. The number of hydrogen-bond acceptors (Lipinski definition) is 7. The number of rotatable bonds is 5. The van der Waals surface area contributed by atoms with E-state index in [-0.39, 0.29) is 11.6 Å². The number of anilines is 3. The van der Waals surface area contributed by atoms with E-state index < -0.39 is 0 Å². The number of halogens is 1. The molecule has 0 saturated carbocycles. The molecule has 2 aromatic carbocycles. The van der Waals surface area contributed by atoms with Gasteiger partial charge in [-0.3, -0.25) is 0 Å². The van der Waals surface area contributed by atoms with Gasteiger partial charge in [0.15, 0.2) is 0 Å². The summed E-state index contributed by atoms with van der Waals surface area (Å²) in [6, 6.07) is 13.7. The number of benzene rings is 2. The van der Waals surface area contributed by atoms with Gasteiger partial charge in [0.1, 0.15) is 42.2 Å². The average Bonchev–Trinajstić information content (AvgIpc) is 3.11. The van der Waals surface area contributed by atoms with Crippen LogP contribution in [0.15, 0.2) is 64.4 Å². The van der Waals surface area contributed by atoms with Crippen molar-refractivity contribution in [1.82, 2.24) is 9.97 Å². The Balaban J connectivity index is 1.68. The molecule has 0 fully saturated rings. The normalized spacial score (nSPS) is 11.2. The highest BCUT2D eigenvalue weighted by Crippen LogP contribution is 2.31. The van der Waals surface area contributed by atoms with Crippen LogP contribution in [-0.4, -0.2) is 23.3 Å². The summed E-state index contributed by atoms with van der Waals surface area (Å²) < 4.78 is 19.3. The van der Waals surface area contributed by atoms with Gasteiger partial charge in [-0.2, -0.15) is 0 Å². The van der Waals surface area contributed by atoms with Gasteiger partial charge in [0, 0.05) is 16.6 Å². The smallest absolute Gasteiger partial charge is 0.144 e. The molecule has 2 heterocycles. The zero-order valence-corrected chi connectivity index (χ0v) is 14.9. The predicted molar refractivity (Wildman–Crippen MR) is 106 cm³/mol. The molecular formula is C20H16FN5O2. The topological polar surface area (TPSA) is 98.6 Å². The van der Waals surface area contributed by atoms with E-state index in [1.54, 1.807) is 12.1 Å². The zero-order valence-electron chi connectivity index (χ0n) is 14.9. The Labute approximate surface area is 159 Å². The quantitative estimate of drug-likeness (QED) is 0.397. The second-order valence-electron chi connectivity index (χ2n) is 5.94. The molecule has 4 aromatic rings. The van der Waals surface area contributed by atoms with Crippen LogP contribution < -0.4 is 11.1 Å². The molecule has 3 N–H and O–H groups in total. The lowest BCUT2D eigenvalue weighted by molar-refractivity contribution is 0.215. The lowest BCUT2D eigenvalue weighted by Gasteiger charge is -2.09. The molecule has 0 unspecified atom stereocenters. The Morgan fingerprint density at radius 2 is 2.07 bits per heavy atom. The van der Waals surface area contributed by atoms with E-state index in [0.717, 1.165) is 11.1 Å². The maximum absolute atomic E-state index is 13.5. The lowest BCUT2D eigenvalue weighted by Crippen LogP contribution is -2.04. The molecule has 7 nitrogen and oxygen atoms in total. The largest absolute Gasteiger partial charge is 0.456 e. The summed E-state index contributed by atoms with van der Waals surface area (Å²) in [6.45, 7) is 0. The summed E-state index contributed by atoms with van der Waals surface area (Å²) in [5, 5.41) is 7.78. The molecule has 140 valence electrons. The van der Waals surface area contributed by atoms with Gasteiger partial charge in [-0.15, -0.1) is 0 Å². The van der Waals surface area contributed by atoms with E-state index >= 15 is 0 Å². The minimum absolute atomic E-state index is 0.274. The fourth-order valence-electron chi connectivity index (χ4n) is 2.78. The van der Waals surface area contributed by atoms with Gasteiger partial charge in [0.05, 0.1) is 11.8 Å². The number of hydrogen-bond donors (Lipinski definition) is 2. The summed E-state index contributed by atoms with van der Waals surface area (Å²) in [5.41, 5.74) is 8.54. The van der Waals surface area contributed by atoms with Crippen LogP contribution in [0, 0.1) is 5.82 Å². The molecule has 8 heteroatoms. The van der Waals surface area contributed by atoms with Gasteiger partial charge in [-0.05, 0) is 36.4 Å². The fourth-order valence-corrected chi connectivity index (χ4v) is 2.78. The molecule has 0 amide bonds. The van der Waals surface area contributed by atoms with Gasteiger partial charge in [-0.25, -0.2) is 14.4 Å². The third-order valence-corrected chi connectivity index (χ3v) is 4.09. The van der Waals surface area contributed by atoms with E-state index in [1.165, 1.54) is 31.8 Å². The molecule has 0 aliphatic carbocycles. The summed E-state index contributed by atoms with van der Waals surface area (Å²) in [5.74, 6) is 1.04. The molecule has 0 atom stereocenters. The molecule has 0 spiro atoms. The molecule has 0 aliphatic rings. The Kier molecular flexibility index (Phi) is 4.59. The highest BCUT2D eigenvalue weighted by Gasteiger charge is 2.11. The monoisotopic (exact) mass is 377 g/mol. The van der Waals surface area contributed by atoms with Crippen molar-refractivity contribution in [1.29, 1.82) is 0 Å². The molecule has 0 saturated heterocycles. The first-order valence-corrected chi connectivity index (χ1v) is 8.37. The first-order chi connectivity index (χ1) is 13.6. The summed E-state index contributed by atoms with van der Waals surface area (Å²) in [4.78, 5) is 12.9. The molecule has 0 radical (unpaired) electrons. The number of nitrogens with zero attached hydrogens (tertiary/aromatic N) is 3. The minimum atomic E-state index is -0.313. The second-order valence-corrected chi connectivity index (χ2v) is 5.94. The zero-order chi connectivity index (χ0) is 19.5. The van der Waals surface area contributed by atoms with E-state index in [2.05, 4.69) is 20.4 Å². The number of fused-ring (bicyclic) bond motifs is 1. The SMILES string of the molecule is CO/N=C/c1c(N)ncnc1Nc1ccc2oc(-c3cccc(F)c3)cc2c1. The third-order valence-electron chi connectivity index (χ3n) is 4.09. The van der Waals surface area contributed by atoms with Gasteiger partial charge in [0.2, 0.25) is 0 Å². The highest BCUT2D eigenvalue weighted by atomic mass is 19.1. The highest BCUT2D eigenvalue weighted by molar-refractivity contribution is 5.93. The van der Waals surface area contributed by atoms with Crippen molar-refractivity contribution in [3.63, 3.8) is 0 Å². The molecule has 4 rings (SSSR count). The van der Waals surface area contributed by atoms with Crippen LogP contribution in [0.4, 0.5) is 21.7 Å². The number of nitrogens with one attached hydrogen (secondary N) is 1. The Morgan fingerprint density at radius 1 is 1.18 bits per heavy atom. The molecule has 0 aliphatic heterocycles. The van der Waals surface area contributed by atoms with E-state index in [1.807, 2.05) is 24.3 Å². The summed E-state index contributed by atoms with van der Waals surface area (Å²) in [7, 11) is 1.44. The van der Waals surface area contributed by atoms with Gasteiger partial charge in [-0.1, -0.05) is 17.3 Å². The Hall–Kier alpha value is -3.94. The maximum Gasteiger partial charge on any atom is 0.144 e. The van der Waals surface area contributed by atoms with Crippen molar-refractivity contribution in [2.45, 2.75) is 0 Å². The van der Waals surface area contributed by atoms with Crippen molar-refractivity contribution in [2.24, 2.45) is 5.16 Å². The molecule has 28 heavy (non-hydrogen) atoms. The van der Waals surface area contributed by atoms with Crippen molar-refractivity contribution in [3.05, 3.63) is 66.2 Å². The second kappa shape index (κ2) is 7.36. The molecule has 2 aromatic heterocycles. The van der Waals surface area contributed by atoms with Crippen LogP contribution in [0.2, 0.25) is 0 Å². The Morgan fingerprint density at radius 3 is 2.89 bits per heavy atom. The minimum Gasteiger partial charge on any atom is -0.456 e. The number of nitrogens with two attached hydrogens (primary N) is 1. The summed E-state index contributed by atoms with van der Waals surface area (Å²) in [6.07, 6.45) is 2.80. The maximum atomic E-state index is 13.5. The van der Waals surface area contributed by atoms with Crippen LogP contribution in [0.25, 0.3) is 22.3 Å². The van der Waals surface area contributed by atoms with Gasteiger partial charge in [0.25, 0.3) is 0 Å². The van der Waals surface area contributed by atoms with Crippen LogP contribution in [0.3, 0.4) is 0 Å². The average molecular weight is 377 g/mol. The number of oxime groups is 1. The first kappa shape index (κ1) is 17.5. The van der Waals surface area contributed by atoms with Gasteiger partial charge < -0.3 is 20.3 Å².